The lowest BCUT2D eigenvalue weighted by Gasteiger charge is -2.25. The highest BCUT2D eigenvalue weighted by atomic mass is 31.2. The van der Waals surface area contributed by atoms with E-state index in [4.69, 9.17) is 9.05 Å². The van der Waals surface area contributed by atoms with Crippen molar-refractivity contribution in [3.05, 3.63) is 12.2 Å². The first kappa shape index (κ1) is 37.9. The number of Topliss-reactive ketones (excluding diaryl/α,β-unsaturated/α-hetero) is 1. The average Bonchev–Trinajstić information content (AvgIpc) is 2.83. The molecule has 0 aliphatic heterocycles. The number of amides is 1. The zero-order valence-corrected chi connectivity index (χ0v) is 26.4. The van der Waals surface area contributed by atoms with Gasteiger partial charge in [-0.25, -0.2) is 4.57 Å². The van der Waals surface area contributed by atoms with E-state index in [9.17, 15) is 24.2 Å². The number of likely N-dealkylation sites (N-methyl/N-ethyl adjacent to an activating group) is 1. The van der Waals surface area contributed by atoms with Crippen molar-refractivity contribution in [3.8, 4) is 0 Å². The monoisotopic (exact) mass is 577 g/mol. The van der Waals surface area contributed by atoms with Gasteiger partial charge in [-0.05, 0) is 12.8 Å². The lowest BCUT2D eigenvalue weighted by molar-refractivity contribution is -0.870. The summed E-state index contributed by atoms with van der Waals surface area (Å²) in [6.45, 7) is 5.72. The molecule has 0 aromatic rings. The molecule has 1 amide bonds. The molecule has 0 aliphatic rings. The normalized spacial score (nSPS) is 15.4. The van der Waals surface area contributed by atoms with Gasteiger partial charge in [0, 0.05) is 5.92 Å². The number of hydrogen-bond donors (Lipinski definition) is 3. The quantitative estimate of drug-likeness (QED) is 0.0428. The molecule has 10 heteroatoms. The third-order valence-electron chi connectivity index (χ3n) is 6.48. The van der Waals surface area contributed by atoms with Gasteiger partial charge in [-0.2, -0.15) is 0 Å². The van der Waals surface area contributed by atoms with Crippen LogP contribution in [0.2, 0.25) is 0 Å². The topological polar surface area (TPSA) is 122 Å². The Morgan fingerprint density at radius 3 is 1.97 bits per heavy atom. The van der Waals surface area contributed by atoms with E-state index in [1.807, 2.05) is 27.2 Å². The van der Waals surface area contributed by atoms with E-state index < -0.39 is 32.5 Å². The minimum Gasteiger partial charge on any atom is -0.387 e. The van der Waals surface area contributed by atoms with Crippen LogP contribution in [0.5, 0.6) is 0 Å². The fourth-order valence-electron chi connectivity index (χ4n) is 3.78. The van der Waals surface area contributed by atoms with Crippen molar-refractivity contribution in [2.75, 3.05) is 40.9 Å². The van der Waals surface area contributed by atoms with E-state index in [1.165, 1.54) is 57.8 Å². The number of phosphoric ester groups is 1. The predicted molar refractivity (Wildman–Crippen MR) is 157 cm³/mol. The first-order valence-electron chi connectivity index (χ1n) is 14.9. The van der Waals surface area contributed by atoms with Gasteiger partial charge in [-0.1, -0.05) is 97.1 Å². The van der Waals surface area contributed by atoms with Gasteiger partial charge < -0.3 is 19.8 Å². The Morgan fingerprint density at radius 2 is 1.46 bits per heavy atom. The first-order valence-corrected chi connectivity index (χ1v) is 16.4. The molecule has 0 rings (SSSR count). The summed E-state index contributed by atoms with van der Waals surface area (Å²) in [4.78, 5) is 34.4. The van der Waals surface area contributed by atoms with Crippen LogP contribution in [0.1, 0.15) is 104 Å². The number of nitrogens with one attached hydrogen (secondary N) is 1. The zero-order chi connectivity index (χ0) is 29.7. The summed E-state index contributed by atoms with van der Waals surface area (Å²) in [7, 11) is 1.40. The number of carbonyl (C=O) groups excluding carboxylic acids is 2. The highest BCUT2D eigenvalue weighted by molar-refractivity contribution is 7.47. The molecular formula is C29H58N2O7P+. The second-order valence-corrected chi connectivity index (χ2v) is 13.3. The number of carbonyl (C=O) groups is 2. The molecule has 0 heterocycles. The van der Waals surface area contributed by atoms with Crippen LogP contribution in [0.4, 0.5) is 0 Å². The van der Waals surface area contributed by atoms with E-state index in [-0.39, 0.29) is 24.7 Å². The van der Waals surface area contributed by atoms with Crippen LogP contribution < -0.4 is 5.32 Å². The Labute approximate surface area is 237 Å². The molecule has 0 saturated heterocycles. The highest BCUT2D eigenvalue weighted by Gasteiger charge is 2.28. The van der Waals surface area contributed by atoms with Gasteiger partial charge in [0.2, 0.25) is 5.91 Å². The summed E-state index contributed by atoms with van der Waals surface area (Å²) >= 11 is 0. The third kappa shape index (κ3) is 23.3. The largest absolute Gasteiger partial charge is 0.472 e. The Hall–Kier alpha value is -1.09. The number of phosphoric acid groups is 1. The Morgan fingerprint density at radius 1 is 0.923 bits per heavy atom. The van der Waals surface area contributed by atoms with Crippen molar-refractivity contribution >= 4 is 19.5 Å². The fourth-order valence-corrected chi connectivity index (χ4v) is 4.52. The van der Waals surface area contributed by atoms with Gasteiger partial charge >= 0.3 is 7.82 Å². The predicted octanol–water partition coefficient (Wildman–Crippen LogP) is 5.54. The minimum atomic E-state index is -4.38. The summed E-state index contributed by atoms with van der Waals surface area (Å²) < 4.78 is 23.0. The van der Waals surface area contributed by atoms with Crippen molar-refractivity contribution in [3.63, 3.8) is 0 Å². The number of nitrogens with zero attached hydrogens (tertiary/aromatic N) is 1. The van der Waals surface area contributed by atoms with Crippen molar-refractivity contribution in [1.29, 1.82) is 0 Å². The molecule has 0 spiro atoms. The molecule has 0 saturated carbocycles. The van der Waals surface area contributed by atoms with E-state index >= 15 is 0 Å². The zero-order valence-electron chi connectivity index (χ0n) is 25.5. The maximum Gasteiger partial charge on any atom is 0.472 e. The van der Waals surface area contributed by atoms with Crippen LogP contribution >= 0.6 is 7.82 Å². The lowest BCUT2D eigenvalue weighted by Crippen LogP contribution is -2.46. The molecule has 0 radical (unpaired) electrons. The summed E-state index contributed by atoms with van der Waals surface area (Å²) in [5, 5.41) is 13.3. The molecule has 3 unspecified atom stereocenters. The van der Waals surface area contributed by atoms with E-state index in [0.717, 1.165) is 19.3 Å². The smallest absolute Gasteiger partial charge is 0.387 e. The van der Waals surface area contributed by atoms with Crippen LogP contribution in [-0.2, 0) is 23.2 Å². The second-order valence-electron chi connectivity index (χ2n) is 11.8. The van der Waals surface area contributed by atoms with Crippen LogP contribution in [0.3, 0.4) is 0 Å². The molecule has 230 valence electrons. The summed E-state index contributed by atoms with van der Waals surface area (Å²) in [5.41, 5.74) is 0. The third-order valence-corrected chi connectivity index (χ3v) is 7.46. The molecule has 0 aromatic heterocycles. The number of aliphatic hydroxyl groups excluding tert-OH is 1. The van der Waals surface area contributed by atoms with E-state index in [2.05, 4.69) is 12.2 Å². The molecule has 0 fully saturated rings. The lowest BCUT2D eigenvalue weighted by atomic mass is 10.0. The molecule has 39 heavy (non-hydrogen) atoms. The van der Waals surface area contributed by atoms with Gasteiger partial charge in [0.1, 0.15) is 18.9 Å². The SMILES string of the molecule is CCCCCCCCCCCCCC=CC(O)C(COP(=O)(O)OCC[N+](C)(C)C)NC(=O)CC(=O)C(C)C. The summed E-state index contributed by atoms with van der Waals surface area (Å²) in [6, 6.07) is -1.01. The van der Waals surface area contributed by atoms with Gasteiger partial charge in [0.25, 0.3) is 0 Å². The summed E-state index contributed by atoms with van der Waals surface area (Å²) in [5.74, 6) is -1.10. The number of rotatable bonds is 25. The number of ketones is 1. The van der Waals surface area contributed by atoms with Crippen molar-refractivity contribution in [2.24, 2.45) is 5.92 Å². The number of quaternary nitrogens is 1. The summed E-state index contributed by atoms with van der Waals surface area (Å²) in [6.07, 6.45) is 16.5. The van der Waals surface area contributed by atoms with E-state index in [1.54, 1.807) is 19.9 Å². The van der Waals surface area contributed by atoms with Gasteiger partial charge in [-0.15, -0.1) is 0 Å². The Bertz CT molecular complexity index is 738. The van der Waals surface area contributed by atoms with Crippen LogP contribution in [-0.4, -0.2) is 79.2 Å². The molecule has 0 bridgehead atoms. The highest BCUT2D eigenvalue weighted by Crippen LogP contribution is 2.43. The number of allylic oxidation sites excluding steroid dienone is 1. The van der Waals surface area contributed by atoms with E-state index in [0.29, 0.717) is 11.0 Å². The van der Waals surface area contributed by atoms with Crippen molar-refractivity contribution < 1.29 is 37.7 Å². The molecule has 3 N–H and O–H groups in total. The molecule has 0 aliphatic carbocycles. The number of hydrogen-bond acceptors (Lipinski definition) is 6. The van der Waals surface area contributed by atoms with Gasteiger partial charge in [-0.3, -0.25) is 18.6 Å². The van der Waals surface area contributed by atoms with Gasteiger partial charge in [0.15, 0.2) is 0 Å². The van der Waals surface area contributed by atoms with Crippen LogP contribution in [0, 0.1) is 5.92 Å². The van der Waals surface area contributed by atoms with Crippen molar-refractivity contribution in [2.45, 2.75) is 116 Å². The second kappa shape index (κ2) is 21.6. The molecule has 3 atom stereocenters. The average molecular weight is 578 g/mol. The maximum absolute atomic E-state index is 12.4. The Balaban J connectivity index is 4.63. The fraction of sp³-hybridized carbons (Fsp3) is 0.862. The van der Waals surface area contributed by atoms with Gasteiger partial charge in [0.05, 0.1) is 46.3 Å². The molecule has 0 aromatic carbocycles. The molecule has 9 nitrogen and oxygen atoms in total. The number of unbranched alkanes of at least 4 members (excludes halogenated alkanes) is 11. The first-order chi connectivity index (χ1) is 18.3. The Kier molecular flexibility index (Phi) is 21.0. The van der Waals surface area contributed by atoms with Crippen LogP contribution in [0.25, 0.3) is 0 Å². The maximum atomic E-state index is 12.4. The standard InChI is InChI=1S/C29H57N2O7P/c1-7-8-9-10-11-12-13-14-15-16-17-18-19-20-27(32)26(30-29(34)23-28(33)25(2)3)24-38-39(35,36)37-22-21-31(4,5)6/h19-20,25-27,32H,7-18,21-24H2,1-6H3,(H-,30,34,35,36)/p+1. The van der Waals surface area contributed by atoms with Crippen LogP contribution in [0.15, 0.2) is 12.2 Å². The minimum absolute atomic E-state index is 0.0125. The molecular weight excluding hydrogens is 519 g/mol. The number of aliphatic hydroxyl groups is 1. The van der Waals surface area contributed by atoms with Crippen molar-refractivity contribution in [1.82, 2.24) is 5.32 Å².